The zero-order valence-corrected chi connectivity index (χ0v) is 16.0. The van der Waals surface area contributed by atoms with Crippen LogP contribution in [0.3, 0.4) is 0 Å². The fourth-order valence-electron chi connectivity index (χ4n) is 4.12. The summed E-state index contributed by atoms with van der Waals surface area (Å²) in [5.41, 5.74) is 1.35. The molecule has 0 spiro atoms. The van der Waals surface area contributed by atoms with Crippen molar-refractivity contribution >= 4 is 33.0 Å². The standard InChI is InChI=1S/C19H24N4O2S/c1-12(14-6-4-3-5-7-14)20-18(24)11-22-19(25)16-10-17-15(8-9-26-17)23(16)13(2)21-22/h8-10,12,14H,3-7,11H2,1-2H3,(H,20,24)/t12-/m0/s1. The van der Waals surface area contributed by atoms with Gasteiger partial charge < -0.3 is 5.32 Å². The maximum Gasteiger partial charge on any atom is 0.291 e. The van der Waals surface area contributed by atoms with Crippen molar-refractivity contribution in [3.8, 4) is 0 Å². The number of carbonyl (C=O) groups excluding carboxylic acids is 1. The monoisotopic (exact) mass is 372 g/mol. The van der Waals surface area contributed by atoms with Crippen molar-refractivity contribution in [1.29, 1.82) is 0 Å². The lowest BCUT2D eigenvalue weighted by atomic mass is 9.84. The molecule has 1 N–H and O–H groups in total. The quantitative estimate of drug-likeness (QED) is 0.765. The average Bonchev–Trinajstić information content (AvgIpc) is 3.21. The average molecular weight is 372 g/mol. The van der Waals surface area contributed by atoms with Crippen LogP contribution in [-0.2, 0) is 11.3 Å². The molecule has 7 heteroatoms. The van der Waals surface area contributed by atoms with Gasteiger partial charge in [0.25, 0.3) is 5.56 Å². The molecule has 0 unspecified atom stereocenters. The van der Waals surface area contributed by atoms with Gasteiger partial charge in [-0.3, -0.25) is 14.0 Å². The number of hydrogen-bond acceptors (Lipinski definition) is 4. The van der Waals surface area contributed by atoms with Crippen LogP contribution in [0.2, 0.25) is 0 Å². The Morgan fingerprint density at radius 1 is 1.35 bits per heavy atom. The fraction of sp³-hybridized carbons (Fsp3) is 0.526. The summed E-state index contributed by atoms with van der Waals surface area (Å²) in [7, 11) is 0. The number of thiophene rings is 1. The van der Waals surface area contributed by atoms with Crippen molar-refractivity contribution in [2.45, 2.75) is 58.5 Å². The molecule has 0 bridgehead atoms. The first-order chi connectivity index (χ1) is 12.5. The molecule has 3 aromatic rings. The predicted molar refractivity (Wildman–Crippen MR) is 104 cm³/mol. The van der Waals surface area contributed by atoms with E-state index in [0.29, 0.717) is 17.3 Å². The molecule has 1 saturated carbocycles. The molecule has 1 atom stereocenters. The third kappa shape index (κ3) is 3.05. The first kappa shape index (κ1) is 17.3. The zero-order valence-electron chi connectivity index (χ0n) is 15.2. The molecule has 3 heterocycles. The molecule has 3 aromatic heterocycles. The molecule has 6 nitrogen and oxygen atoms in total. The lowest BCUT2D eigenvalue weighted by Crippen LogP contribution is -2.42. The summed E-state index contributed by atoms with van der Waals surface area (Å²) < 4.78 is 4.21. The molecule has 0 aliphatic heterocycles. The van der Waals surface area contributed by atoms with Gasteiger partial charge in [0.1, 0.15) is 17.9 Å². The number of amides is 1. The van der Waals surface area contributed by atoms with Gasteiger partial charge >= 0.3 is 0 Å². The van der Waals surface area contributed by atoms with Gasteiger partial charge in [0.15, 0.2) is 0 Å². The van der Waals surface area contributed by atoms with E-state index in [4.69, 9.17) is 0 Å². The number of aryl methyl sites for hydroxylation is 1. The number of nitrogens with one attached hydrogen (secondary N) is 1. The topological polar surface area (TPSA) is 68.4 Å². The summed E-state index contributed by atoms with van der Waals surface area (Å²) in [4.78, 5) is 25.2. The highest BCUT2D eigenvalue weighted by Crippen LogP contribution is 2.26. The summed E-state index contributed by atoms with van der Waals surface area (Å²) in [6, 6.07) is 4.02. The maximum absolute atomic E-state index is 12.8. The minimum atomic E-state index is -0.223. The predicted octanol–water partition coefficient (Wildman–Crippen LogP) is 3.10. The molecule has 1 fully saturated rings. The lowest BCUT2D eigenvalue weighted by molar-refractivity contribution is -0.123. The smallest absolute Gasteiger partial charge is 0.291 e. The molecule has 0 radical (unpaired) electrons. The molecule has 1 amide bonds. The van der Waals surface area contributed by atoms with E-state index in [0.717, 1.165) is 10.2 Å². The summed E-state index contributed by atoms with van der Waals surface area (Å²) in [5.74, 6) is 1.11. The second-order valence-corrected chi connectivity index (χ2v) is 8.25. The summed E-state index contributed by atoms with van der Waals surface area (Å²) in [6.45, 7) is 3.90. The molecule has 0 aromatic carbocycles. The van der Waals surface area contributed by atoms with E-state index in [1.54, 1.807) is 11.3 Å². The van der Waals surface area contributed by atoms with Gasteiger partial charge in [-0.15, -0.1) is 11.3 Å². The van der Waals surface area contributed by atoms with Crippen LogP contribution in [0.25, 0.3) is 15.7 Å². The van der Waals surface area contributed by atoms with Crippen molar-refractivity contribution in [3.05, 3.63) is 33.7 Å². The van der Waals surface area contributed by atoms with Gasteiger partial charge in [0.05, 0.1) is 10.2 Å². The molecule has 1 aliphatic carbocycles. The number of aromatic nitrogens is 3. The zero-order chi connectivity index (χ0) is 18.3. The first-order valence-electron chi connectivity index (χ1n) is 9.30. The highest BCUT2D eigenvalue weighted by atomic mass is 32.1. The van der Waals surface area contributed by atoms with Crippen LogP contribution >= 0.6 is 11.3 Å². The number of nitrogens with zero attached hydrogens (tertiary/aromatic N) is 3. The van der Waals surface area contributed by atoms with Crippen molar-refractivity contribution in [2.24, 2.45) is 5.92 Å². The Labute approximate surface area is 155 Å². The normalized spacial score (nSPS) is 17.0. The Hall–Kier alpha value is -2.15. The van der Waals surface area contributed by atoms with Gasteiger partial charge in [-0.05, 0) is 50.1 Å². The van der Waals surface area contributed by atoms with Crippen LogP contribution in [0.5, 0.6) is 0 Å². The highest BCUT2D eigenvalue weighted by Gasteiger charge is 2.22. The van der Waals surface area contributed by atoms with E-state index in [9.17, 15) is 9.59 Å². The maximum atomic E-state index is 12.8. The summed E-state index contributed by atoms with van der Waals surface area (Å²) >= 11 is 1.60. The Morgan fingerprint density at radius 3 is 2.88 bits per heavy atom. The molecule has 1 aliphatic rings. The van der Waals surface area contributed by atoms with Crippen molar-refractivity contribution in [2.75, 3.05) is 0 Å². The van der Waals surface area contributed by atoms with E-state index >= 15 is 0 Å². The minimum Gasteiger partial charge on any atom is -0.352 e. The number of hydrogen-bond donors (Lipinski definition) is 1. The van der Waals surface area contributed by atoms with E-state index in [1.807, 2.05) is 28.8 Å². The molecule has 4 rings (SSSR count). The molecular weight excluding hydrogens is 348 g/mol. The largest absolute Gasteiger partial charge is 0.352 e. The van der Waals surface area contributed by atoms with Crippen LogP contribution in [0.1, 0.15) is 44.9 Å². The molecule has 26 heavy (non-hydrogen) atoms. The Morgan fingerprint density at radius 2 is 2.12 bits per heavy atom. The lowest BCUT2D eigenvalue weighted by Gasteiger charge is -2.28. The van der Waals surface area contributed by atoms with Crippen LogP contribution in [0.4, 0.5) is 0 Å². The summed E-state index contributed by atoms with van der Waals surface area (Å²) in [5, 5.41) is 9.45. The number of fused-ring (bicyclic) bond motifs is 3. The van der Waals surface area contributed by atoms with Crippen LogP contribution in [0.15, 0.2) is 22.3 Å². The minimum absolute atomic E-state index is 0.0357. The Balaban J connectivity index is 1.55. The fourth-order valence-corrected chi connectivity index (χ4v) is 4.93. The SMILES string of the molecule is Cc1nn(CC(=O)N[C@@H](C)C2CCCCC2)c(=O)c2cc3sccc3n12. The second-order valence-electron chi connectivity index (χ2n) is 7.30. The Bertz CT molecular complexity index is 1010. The van der Waals surface area contributed by atoms with Gasteiger partial charge in [0.2, 0.25) is 5.91 Å². The Kier molecular flexibility index (Phi) is 4.56. The van der Waals surface area contributed by atoms with Gasteiger partial charge in [-0.2, -0.15) is 5.10 Å². The van der Waals surface area contributed by atoms with Gasteiger partial charge in [0, 0.05) is 6.04 Å². The molecule has 0 saturated heterocycles. The van der Waals surface area contributed by atoms with Gasteiger partial charge in [-0.25, -0.2) is 4.68 Å². The van der Waals surface area contributed by atoms with Crippen molar-refractivity contribution in [1.82, 2.24) is 19.5 Å². The van der Waals surface area contributed by atoms with Crippen molar-refractivity contribution < 1.29 is 4.79 Å². The number of carbonyl (C=O) groups is 1. The third-order valence-electron chi connectivity index (χ3n) is 5.50. The first-order valence-corrected chi connectivity index (χ1v) is 10.2. The molecule has 138 valence electrons. The third-order valence-corrected chi connectivity index (χ3v) is 6.36. The van der Waals surface area contributed by atoms with Crippen LogP contribution < -0.4 is 10.9 Å². The number of rotatable bonds is 4. The van der Waals surface area contributed by atoms with Crippen LogP contribution in [-0.4, -0.2) is 26.1 Å². The second kappa shape index (κ2) is 6.87. The van der Waals surface area contributed by atoms with E-state index in [2.05, 4.69) is 17.3 Å². The van der Waals surface area contributed by atoms with Crippen LogP contribution in [0, 0.1) is 12.8 Å². The van der Waals surface area contributed by atoms with E-state index < -0.39 is 0 Å². The van der Waals surface area contributed by atoms with E-state index in [-0.39, 0.29) is 24.1 Å². The van der Waals surface area contributed by atoms with E-state index in [1.165, 1.54) is 36.8 Å². The van der Waals surface area contributed by atoms with Gasteiger partial charge in [-0.1, -0.05) is 19.3 Å². The molecular formula is C19H24N4O2S. The highest BCUT2D eigenvalue weighted by molar-refractivity contribution is 7.17. The summed E-state index contributed by atoms with van der Waals surface area (Å²) in [6.07, 6.45) is 6.13. The van der Waals surface area contributed by atoms with Crippen molar-refractivity contribution in [3.63, 3.8) is 0 Å².